The number of aryl methyl sites for hydroxylation is 1. The summed E-state index contributed by atoms with van der Waals surface area (Å²) in [5.41, 5.74) is 5.29. The van der Waals surface area contributed by atoms with Crippen molar-refractivity contribution in [1.29, 1.82) is 0 Å². The minimum absolute atomic E-state index is 0.278. The number of hydrogen-bond acceptors (Lipinski definition) is 3. The quantitative estimate of drug-likeness (QED) is 0.549. The summed E-state index contributed by atoms with van der Waals surface area (Å²) in [6.07, 6.45) is 6.44. The predicted molar refractivity (Wildman–Crippen MR) is 127 cm³/mol. The predicted octanol–water partition coefficient (Wildman–Crippen LogP) is 6.18. The molecule has 1 saturated carbocycles. The van der Waals surface area contributed by atoms with Crippen LogP contribution in [0.5, 0.6) is 0 Å². The molecule has 28 heavy (non-hydrogen) atoms. The summed E-state index contributed by atoms with van der Waals surface area (Å²) in [5.74, 6) is 2.23. The van der Waals surface area contributed by atoms with Gasteiger partial charge >= 0.3 is 0 Å². The van der Waals surface area contributed by atoms with Gasteiger partial charge in [-0.05, 0) is 65.0 Å². The molecule has 0 amide bonds. The largest absolute Gasteiger partial charge is 0.318 e. The smallest absolute Gasteiger partial charge is 0.164 e. The van der Waals surface area contributed by atoms with Crippen LogP contribution < -0.4 is 0 Å². The number of hydrogen-bond donors (Lipinski definition) is 0. The monoisotopic (exact) mass is 414 g/mol. The van der Waals surface area contributed by atoms with Gasteiger partial charge in [-0.3, -0.25) is 4.99 Å². The van der Waals surface area contributed by atoms with Gasteiger partial charge in [-0.25, -0.2) is 0 Å². The summed E-state index contributed by atoms with van der Waals surface area (Å²) in [4.78, 5) is 8.20. The highest BCUT2D eigenvalue weighted by Crippen LogP contribution is 2.57. The van der Waals surface area contributed by atoms with E-state index >= 15 is 0 Å². The maximum absolute atomic E-state index is 5.42. The molecular weight excluding hydrogens is 380 g/mol. The molecule has 0 bridgehead atoms. The van der Waals surface area contributed by atoms with Crippen molar-refractivity contribution in [3.8, 4) is 0 Å². The first-order chi connectivity index (χ1) is 13.2. The van der Waals surface area contributed by atoms with Gasteiger partial charge in [0.1, 0.15) is 0 Å². The van der Waals surface area contributed by atoms with Crippen LogP contribution in [-0.4, -0.2) is 34.4 Å². The Labute approximate surface area is 180 Å². The van der Waals surface area contributed by atoms with Crippen molar-refractivity contribution in [3.63, 3.8) is 0 Å². The fraction of sp³-hybridized carbons (Fsp3) is 0.667. The molecule has 0 N–H and O–H groups in total. The number of fused-ring (bicyclic) bond motifs is 3. The molecule has 1 saturated heterocycles. The Bertz CT molecular complexity index is 815. The van der Waals surface area contributed by atoms with Crippen LogP contribution in [0.3, 0.4) is 0 Å². The van der Waals surface area contributed by atoms with Crippen LogP contribution in [0.1, 0.15) is 76.0 Å². The van der Waals surface area contributed by atoms with Crippen LogP contribution >= 0.6 is 24.0 Å². The average molecular weight is 415 g/mol. The van der Waals surface area contributed by atoms with E-state index in [-0.39, 0.29) is 5.41 Å². The Morgan fingerprint density at radius 3 is 2.75 bits per heavy atom. The first-order valence-corrected chi connectivity index (χ1v) is 12.2. The zero-order valence-electron chi connectivity index (χ0n) is 18.0. The van der Waals surface area contributed by atoms with Crippen molar-refractivity contribution in [3.05, 3.63) is 34.9 Å². The lowest BCUT2D eigenvalue weighted by molar-refractivity contribution is 0.0330. The molecule has 2 fully saturated rings. The second kappa shape index (κ2) is 7.43. The molecule has 1 heterocycles. The van der Waals surface area contributed by atoms with Crippen molar-refractivity contribution in [1.82, 2.24) is 4.90 Å². The molecule has 0 spiro atoms. The molecule has 2 aliphatic carbocycles. The number of rotatable bonds is 3. The number of amidine groups is 1. The van der Waals surface area contributed by atoms with Crippen LogP contribution in [0.2, 0.25) is 0 Å². The van der Waals surface area contributed by atoms with Gasteiger partial charge in [-0.15, -0.1) is 0 Å². The summed E-state index contributed by atoms with van der Waals surface area (Å²) in [6, 6.07) is 7.35. The topological polar surface area (TPSA) is 15.6 Å². The molecule has 0 radical (unpaired) electrons. The van der Waals surface area contributed by atoms with Gasteiger partial charge in [-0.1, -0.05) is 76.3 Å². The van der Waals surface area contributed by atoms with E-state index in [2.05, 4.69) is 57.8 Å². The van der Waals surface area contributed by atoms with Gasteiger partial charge in [-0.2, -0.15) is 0 Å². The highest BCUT2D eigenvalue weighted by Gasteiger charge is 2.51. The molecule has 0 unspecified atom stereocenters. The maximum atomic E-state index is 5.42. The average Bonchev–Trinajstić information content (AvgIpc) is 2.98. The van der Waals surface area contributed by atoms with Gasteiger partial charge < -0.3 is 4.90 Å². The highest BCUT2D eigenvalue weighted by molar-refractivity contribution is 8.15. The second-order valence-corrected chi connectivity index (χ2v) is 11.3. The lowest BCUT2D eigenvalue weighted by atomic mass is 9.50. The van der Waals surface area contributed by atoms with E-state index in [1.807, 2.05) is 0 Å². The van der Waals surface area contributed by atoms with Crippen molar-refractivity contribution < 1.29 is 0 Å². The van der Waals surface area contributed by atoms with Gasteiger partial charge in [0.15, 0.2) is 5.17 Å². The zero-order chi connectivity index (χ0) is 20.1. The van der Waals surface area contributed by atoms with E-state index in [4.69, 9.17) is 17.2 Å². The molecule has 152 valence electrons. The van der Waals surface area contributed by atoms with Gasteiger partial charge in [0.2, 0.25) is 0 Å². The van der Waals surface area contributed by atoms with Crippen molar-refractivity contribution in [2.45, 2.75) is 71.1 Å². The normalized spacial score (nSPS) is 34.1. The van der Waals surface area contributed by atoms with E-state index in [1.165, 1.54) is 37.7 Å². The fourth-order valence-electron chi connectivity index (χ4n) is 6.02. The van der Waals surface area contributed by atoms with E-state index in [9.17, 15) is 0 Å². The van der Waals surface area contributed by atoms with Gasteiger partial charge in [0, 0.05) is 13.6 Å². The van der Waals surface area contributed by atoms with Crippen molar-refractivity contribution in [2.24, 2.45) is 16.3 Å². The molecule has 1 aromatic rings. The number of benzene rings is 1. The molecule has 1 aliphatic heterocycles. The van der Waals surface area contributed by atoms with E-state index < -0.39 is 0 Å². The first-order valence-electron chi connectivity index (χ1n) is 10.8. The second-order valence-electron chi connectivity index (χ2n) is 9.93. The lowest BCUT2D eigenvalue weighted by Crippen LogP contribution is -2.50. The lowest BCUT2D eigenvalue weighted by Gasteiger charge is -2.55. The Balaban J connectivity index is 1.63. The van der Waals surface area contributed by atoms with E-state index in [1.54, 1.807) is 22.9 Å². The molecule has 3 atom stereocenters. The van der Waals surface area contributed by atoms with E-state index in [0.29, 0.717) is 17.3 Å². The first kappa shape index (κ1) is 20.4. The Kier molecular flexibility index (Phi) is 5.41. The fourth-order valence-corrected chi connectivity index (χ4v) is 7.25. The minimum Gasteiger partial charge on any atom is -0.318 e. The molecule has 1 aromatic carbocycles. The van der Waals surface area contributed by atoms with Crippen molar-refractivity contribution in [2.75, 3.05) is 19.3 Å². The Hall–Kier alpha value is -0.870. The maximum Gasteiger partial charge on any atom is 0.164 e. The Morgan fingerprint density at radius 2 is 2.07 bits per heavy atom. The van der Waals surface area contributed by atoms with Gasteiger partial charge in [0.25, 0.3) is 0 Å². The molecule has 4 rings (SSSR count). The van der Waals surface area contributed by atoms with E-state index in [0.717, 1.165) is 22.5 Å². The summed E-state index contributed by atoms with van der Waals surface area (Å²) in [5, 5.41) is 1.12. The van der Waals surface area contributed by atoms with Crippen LogP contribution in [0.25, 0.3) is 0 Å². The number of thiocarbonyl (C=S) groups is 1. The summed E-state index contributed by atoms with van der Waals surface area (Å²) in [7, 11) is 2.07. The third kappa shape index (κ3) is 3.35. The van der Waals surface area contributed by atoms with Crippen LogP contribution in [0, 0.1) is 11.3 Å². The number of thioether (sulfide) groups is 1. The Morgan fingerprint density at radius 1 is 1.29 bits per heavy atom. The molecule has 4 heteroatoms. The summed E-state index contributed by atoms with van der Waals surface area (Å²) in [6.45, 7) is 10.6. The SMILES string of the molecule is CC(C)c1ccc2c(c1)CC[C@H]1[C@](C)(CN=C3SCC(=S)N3C)CCC[C@]21C. The minimum atomic E-state index is 0.278. The number of nitrogens with zero attached hydrogens (tertiary/aromatic N) is 2. The zero-order valence-corrected chi connectivity index (χ0v) is 19.7. The molecule has 0 aromatic heterocycles. The van der Waals surface area contributed by atoms with Crippen LogP contribution in [0.15, 0.2) is 23.2 Å². The molecular formula is C24H34N2S2. The number of aliphatic imine (C=N–C) groups is 1. The standard InChI is InChI=1S/C24H34N2S2/c1-16(2)17-7-9-19-18(13-17)8-10-20-23(3,11-6-12-24(19,20)4)15-25-22-26(5)21(27)14-28-22/h7,9,13,16,20H,6,8,10-12,14-15H2,1-5H3/t20-,23-,24+/m0/s1. The van der Waals surface area contributed by atoms with Crippen LogP contribution in [-0.2, 0) is 11.8 Å². The summed E-state index contributed by atoms with van der Waals surface area (Å²) < 4.78 is 0. The molecule has 2 nitrogen and oxygen atoms in total. The third-order valence-corrected chi connectivity index (χ3v) is 9.41. The van der Waals surface area contributed by atoms with Gasteiger partial charge in [0.05, 0.1) is 10.7 Å². The molecule has 3 aliphatic rings. The third-order valence-electron chi connectivity index (χ3n) is 7.73. The summed E-state index contributed by atoms with van der Waals surface area (Å²) >= 11 is 7.23. The van der Waals surface area contributed by atoms with Crippen LogP contribution in [0.4, 0.5) is 0 Å². The van der Waals surface area contributed by atoms with Crippen molar-refractivity contribution >= 4 is 34.1 Å². The highest BCUT2D eigenvalue weighted by atomic mass is 32.2.